The maximum absolute atomic E-state index is 13.5. The molecule has 3 unspecified atom stereocenters. The van der Waals surface area contributed by atoms with Gasteiger partial charge in [0.1, 0.15) is 11.5 Å². The van der Waals surface area contributed by atoms with E-state index in [1.54, 1.807) is 38.5 Å². The number of fused-ring (bicyclic) bond motifs is 5. The zero-order valence-electron chi connectivity index (χ0n) is 26.7. The van der Waals surface area contributed by atoms with Crippen LogP contribution in [-0.2, 0) is 4.74 Å². The van der Waals surface area contributed by atoms with Crippen LogP contribution < -0.4 is 29.0 Å². The Morgan fingerprint density at radius 2 is 1.39 bits per heavy atom. The van der Waals surface area contributed by atoms with Gasteiger partial charge >= 0.3 is 5.97 Å². The largest absolute Gasteiger partial charge is 0.496 e. The highest BCUT2D eigenvalue weighted by molar-refractivity contribution is 5.95. The maximum atomic E-state index is 13.5. The molecule has 44 heavy (non-hydrogen) atoms. The van der Waals surface area contributed by atoms with Crippen LogP contribution in [0.4, 0.5) is 0 Å². The van der Waals surface area contributed by atoms with Gasteiger partial charge < -0.3 is 43.5 Å². The zero-order valence-corrected chi connectivity index (χ0v) is 26.7. The molecule has 2 aromatic rings. The molecule has 2 aliphatic rings. The third kappa shape index (κ3) is 8.69. The van der Waals surface area contributed by atoms with E-state index in [1.807, 2.05) is 6.92 Å². The number of carbonyl (C=O) groups excluding carboxylic acids is 2. The Kier molecular flexibility index (Phi) is 12.4. The molecule has 4 rings (SSSR count). The van der Waals surface area contributed by atoms with Crippen molar-refractivity contribution in [2.24, 2.45) is 0 Å². The predicted octanol–water partition coefficient (Wildman–Crippen LogP) is 3.95. The van der Waals surface area contributed by atoms with Gasteiger partial charge in [0, 0.05) is 43.3 Å². The first-order valence-corrected chi connectivity index (χ1v) is 15.4. The maximum Gasteiger partial charge on any atom is 0.338 e. The Morgan fingerprint density at radius 1 is 0.750 bits per heavy atom. The molecule has 0 saturated carbocycles. The highest BCUT2D eigenvalue weighted by Crippen LogP contribution is 2.39. The quantitative estimate of drug-likeness (QED) is 0.482. The summed E-state index contributed by atoms with van der Waals surface area (Å²) in [5, 5.41) is 3.26. The van der Waals surface area contributed by atoms with Gasteiger partial charge in [-0.1, -0.05) is 0 Å². The van der Waals surface area contributed by atoms with Crippen molar-refractivity contribution in [2.45, 2.75) is 45.1 Å². The average molecular weight is 614 g/mol. The minimum Gasteiger partial charge on any atom is -0.496 e. The van der Waals surface area contributed by atoms with E-state index in [9.17, 15) is 9.59 Å². The van der Waals surface area contributed by atoms with E-state index in [1.165, 1.54) is 14.2 Å². The van der Waals surface area contributed by atoms with Crippen molar-refractivity contribution in [1.29, 1.82) is 0 Å². The fourth-order valence-electron chi connectivity index (χ4n) is 5.79. The van der Waals surface area contributed by atoms with Crippen LogP contribution in [0.25, 0.3) is 0 Å². The van der Waals surface area contributed by atoms with Gasteiger partial charge in [-0.15, -0.1) is 0 Å². The van der Waals surface area contributed by atoms with E-state index in [-0.39, 0.29) is 11.9 Å². The number of benzene rings is 2. The van der Waals surface area contributed by atoms with Gasteiger partial charge in [-0.25, -0.2) is 4.79 Å². The standard InChI is InChI=1S/C33H47N3O8/c1-23-27(39-2)19-24(20-28(23)40-3)32(37)34-26-9-6-17-43-30-22-25(21-29(41-4)31(30)42-5)33(38)44-18-8-13-35-11-7-12-36(14-10-26)16-15-35/h19-22,26H,6-18H2,1-5H3,(H,34,37). The zero-order chi connectivity index (χ0) is 31.5. The molecule has 2 heterocycles. The summed E-state index contributed by atoms with van der Waals surface area (Å²) >= 11 is 0. The summed E-state index contributed by atoms with van der Waals surface area (Å²) in [7, 11) is 6.23. The van der Waals surface area contributed by atoms with E-state index in [4.69, 9.17) is 28.4 Å². The average Bonchev–Trinajstić information content (AvgIpc) is 3.27. The molecule has 242 valence electrons. The SMILES string of the molecule is COc1cc(C(=O)NC2CCCOc3cc(cc(OC)c3OC)C(=O)OCCCN3CCCN(CC2)CC3)cc(OC)c1C. The van der Waals surface area contributed by atoms with Crippen LogP contribution in [0.3, 0.4) is 0 Å². The number of esters is 1. The van der Waals surface area contributed by atoms with Crippen LogP contribution in [0, 0.1) is 6.92 Å². The van der Waals surface area contributed by atoms with Crippen LogP contribution in [0.15, 0.2) is 24.3 Å². The Bertz CT molecular complexity index is 1240. The topological polar surface area (TPSA) is 108 Å². The number of hydrogen-bond donors (Lipinski definition) is 1. The van der Waals surface area contributed by atoms with Gasteiger partial charge in [-0.05, 0) is 76.4 Å². The Labute approximate surface area is 260 Å². The lowest BCUT2D eigenvalue weighted by Gasteiger charge is -2.25. The molecule has 3 atom stereocenters. The highest BCUT2D eigenvalue weighted by Gasteiger charge is 2.22. The van der Waals surface area contributed by atoms with Gasteiger partial charge in [0.15, 0.2) is 11.5 Å². The number of hydrogen-bond acceptors (Lipinski definition) is 10. The molecule has 11 nitrogen and oxygen atoms in total. The lowest BCUT2D eigenvalue weighted by atomic mass is 10.1. The number of methoxy groups -OCH3 is 4. The molecule has 1 fully saturated rings. The third-order valence-electron chi connectivity index (χ3n) is 8.31. The van der Waals surface area contributed by atoms with E-state index in [2.05, 4.69) is 15.1 Å². The van der Waals surface area contributed by atoms with Crippen molar-refractivity contribution in [1.82, 2.24) is 15.1 Å². The molecule has 0 aromatic heterocycles. The molecule has 2 aliphatic heterocycles. The van der Waals surface area contributed by atoms with E-state index in [0.717, 1.165) is 64.1 Å². The van der Waals surface area contributed by atoms with Crippen LogP contribution in [-0.4, -0.2) is 109 Å². The number of ether oxygens (including phenoxy) is 6. The minimum atomic E-state index is -0.428. The summed E-state index contributed by atoms with van der Waals surface area (Å²) < 4.78 is 33.8. The molecule has 1 amide bonds. The first kappa shape index (κ1) is 33.2. The highest BCUT2D eigenvalue weighted by atomic mass is 16.5. The molecule has 1 N–H and O–H groups in total. The van der Waals surface area contributed by atoms with Crippen molar-refractivity contribution in [3.63, 3.8) is 0 Å². The van der Waals surface area contributed by atoms with E-state index >= 15 is 0 Å². The first-order chi connectivity index (χ1) is 21.4. The normalized spacial score (nSPS) is 21.8. The molecule has 0 spiro atoms. The van der Waals surface area contributed by atoms with Crippen molar-refractivity contribution >= 4 is 11.9 Å². The second-order valence-electron chi connectivity index (χ2n) is 11.2. The number of amides is 1. The Morgan fingerprint density at radius 3 is 2.05 bits per heavy atom. The van der Waals surface area contributed by atoms with Crippen LogP contribution in [0.1, 0.15) is 58.4 Å². The van der Waals surface area contributed by atoms with Crippen LogP contribution in [0.2, 0.25) is 0 Å². The number of rotatable bonds is 6. The second-order valence-corrected chi connectivity index (χ2v) is 11.2. The van der Waals surface area contributed by atoms with E-state index < -0.39 is 5.97 Å². The summed E-state index contributed by atoms with van der Waals surface area (Å²) in [5.41, 5.74) is 1.67. The lowest BCUT2D eigenvalue weighted by molar-refractivity contribution is 0.0487. The minimum absolute atomic E-state index is 0.0800. The Hall–Kier alpha value is -3.70. The molecule has 0 aliphatic carbocycles. The summed E-state index contributed by atoms with van der Waals surface area (Å²) in [6, 6.07) is 6.67. The fourth-order valence-corrected chi connectivity index (χ4v) is 5.79. The van der Waals surface area contributed by atoms with Gasteiger partial charge in [0.2, 0.25) is 5.75 Å². The molecular weight excluding hydrogens is 566 g/mol. The third-order valence-corrected chi connectivity index (χ3v) is 8.31. The lowest BCUT2D eigenvalue weighted by Crippen LogP contribution is -2.39. The Balaban J connectivity index is 1.54. The molecule has 4 bridgehead atoms. The number of nitrogens with one attached hydrogen (secondary N) is 1. The summed E-state index contributed by atoms with van der Waals surface area (Å²) in [5.74, 6) is 1.82. The van der Waals surface area contributed by atoms with Crippen molar-refractivity contribution in [3.8, 4) is 28.7 Å². The number of carbonyl (C=O) groups is 2. The second kappa shape index (κ2) is 16.4. The van der Waals surface area contributed by atoms with Gasteiger partial charge in [0.05, 0.1) is 47.2 Å². The first-order valence-electron chi connectivity index (χ1n) is 15.4. The predicted molar refractivity (Wildman–Crippen MR) is 167 cm³/mol. The summed E-state index contributed by atoms with van der Waals surface area (Å²) in [6.07, 6.45) is 4.00. The van der Waals surface area contributed by atoms with Gasteiger partial charge in [-0.3, -0.25) is 4.79 Å². The number of nitrogens with zero attached hydrogens (tertiary/aromatic N) is 2. The molecule has 11 heteroatoms. The smallest absolute Gasteiger partial charge is 0.338 e. The van der Waals surface area contributed by atoms with Gasteiger partial charge in [-0.2, -0.15) is 0 Å². The van der Waals surface area contributed by atoms with Crippen molar-refractivity contribution < 1.29 is 38.0 Å². The summed E-state index contributed by atoms with van der Waals surface area (Å²) in [6.45, 7) is 8.28. The molecular formula is C33H47N3O8. The van der Waals surface area contributed by atoms with Crippen LogP contribution in [0.5, 0.6) is 28.7 Å². The van der Waals surface area contributed by atoms with Crippen LogP contribution >= 0.6 is 0 Å². The van der Waals surface area contributed by atoms with Crippen molar-refractivity contribution in [3.05, 3.63) is 41.0 Å². The molecule has 0 radical (unpaired) electrons. The number of cyclic esters (lactones) is 1. The summed E-state index contributed by atoms with van der Waals surface area (Å²) in [4.78, 5) is 31.3. The fraction of sp³-hybridized carbons (Fsp3) is 0.576. The van der Waals surface area contributed by atoms with E-state index in [0.29, 0.717) is 65.9 Å². The molecule has 2 aromatic carbocycles. The molecule has 1 saturated heterocycles. The monoisotopic (exact) mass is 613 g/mol. The van der Waals surface area contributed by atoms with Crippen molar-refractivity contribution in [2.75, 3.05) is 80.9 Å². The van der Waals surface area contributed by atoms with Gasteiger partial charge in [0.25, 0.3) is 5.91 Å².